The molecule has 3 heteroatoms. The normalized spacial score (nSPS) is 11.3. The lowest BCUT2D eigenvalue weighted by molar-refractivity contribution is 0.667. The zero-order valence-electron chi connectivity index (χ0n) is 33.2. The Morgan fingerprint density at radius 1 is 0.262 bits per heavy atom. The number of hydrogen-bond acceptors (Lipinski definition) is 3. The van der Waals surface area contributed by atoms with Crippen LogP contribution in [0, 0.1) is 0 Å². The number of aromatic nitrogens is 2. The number of para-hydroxylation sites is 1. The fourth-order valence-corrected chi connectivity index (χ4v) is 8.35. The second-order valence-electron chi connectivity index (χ2n) is 15.4. The lowest BCUT2D eigenvalue weighted by Gasteiger charge is -2.13. The molecule has 0 N–H and O–H groups in total. The molecule has 0 radical (unpaired) electrons. The summed E-state index contributed by atoms with van der Waals surface area (Å²) in [5.41, 5.74) is 19.0. The second kappa shape index (κ2) is 15.6. The highest BCUT2D eigenvalue weighted by atomic mass is 16.3. The third-order valence-corrected chi connectivity index (χ3v) is 11.5. The van der Waals surface area contributed by atoms with E-state index in [2.05, 4.69) is 206 Å². The van der Waals surface area contributed by atoms with Crippen LogP contribution in [0.1, 0.15) is 0 Å². The third-order valence-electron chi connectivity index (χ3n) is 11.5. The third kappa shape index (κ3) is 7.09. The van der Waals surface area contributed by atoms with E-state index >= 15 is 0 Å². The lowest BCUT2D eigenvalue weighted by Crippen LogP contribution is -1.94. The van der Waals surface area contributed by atoms with E-state index in [1.165, 1.54) is 38.9 Å². The summed E-state index contributed by atoms with van der Waals surface area (Å²) in [6, 6.07) is 81.4. The minimum absolute atomic E-state index is 0.654. The van der Waals surface area contributed by atoms with Crippen LogP contribution in [0.2, 0.25) is 0 Å². The molecule has 0 aliphatic heterocycles. The smallest absolute Gasteiger partial charge is 0.180 e. The van der Waals surface area contributed by atoms with Crippen LogP contribution in [-0.4, -0.2) is 9.97 Å². The van der Waals surface area contributed by atoms with Gasteiger partial charge in [-0.1, -0.05) is 182 Å². The Bertz CT molecular complexity index is 3280. The molecule has 0 aliphatic rings. The zero-order valence-corrected chi connectivity index (χ0v) is 33.2. The van der Waals surface area contributed by atoms with Crippen molar-refractivity contribution in [2.24, 2.45) is 0 Å². The summed E-state index contributed by atoms with van der Waals surface area (Å²) >= 11 is 0. The molecule has 61 heavy (non-hydrogen) atoms. The SMILES string of the molecule is c1ccc(-c2cc(-c3ccccc3)cc(-c3cccc(-c4ccc(-c5cccc(-c6nc(-c7cccc(-c8ccccc8)c7)c7oc8ccccc8c7n6)c5)cc4)c3)c2)cc1. The molecule has 0 atom stereocenters. The average molecular weight is 779 g/mol. The predicted octanol–water partition coefficient (Wildman–Crippen LogP) is 15.7. The van der Waals surface area contributed by atoms with E-state index in [1.807, 2.05) is 24.3 Å². The van der Waals surface area contributed by atoms with Gasteiger partial charge >= 0.3 is 0 Å². The maximum absolute atomic E-state index is 6.47. The van der Waals surface area contributed by atoms with Gasteiger partial charge in [0.2, 0.25) is 0 Å². The summed E-state index contributed by atoms with van der Waals surface area (Å²) in [6.45, 7) is 0. The van der Waals surface area contributed by atoms with Gasteiger partial charge in [0.25, 0.3) is 0 Å². The van der Waals surface area contributed by atoms with E-state index in [9.17, 15) is 0 Å². The largest absolute Gasteiger partial charge is 0.452 e. The van der Waals surface area contributed by atoms with Crippen molar-refractivity contribution in [3.8, 4) is 89.4 Å². The number of furan rings is 1. The van der Waals surface area contributed by atoms with Gasteiger partial charge in [0.05, 0.1) is 0 Å². The molecule has 0 fully saturated rings. The molecular weight excluding hydrogens is 741 g/mol. The van der Waals surface area contributed by atoms with E-state index in [1.54, 1.807) is 0 Å². The van der Waals surface area contributed by atoms with Gasteiger partial charge in [-0.25, -0.2) is 9.97 Å². The summed E-state index contributed by atoms with van der Waals surface area (Å²) < 4.78 is 6.47. The van der Waals surface area contributed by atoms with Crippen LogP contribution in [0.4, 0.5) is 0 Å². The number of benzene rings is 9. The van der Waals surface area contributed by atoms with E-state index in [0.29, 0.717) is 11.4 Å². The topological polar surface area (TPSA) is 38.9 Å². The van der Waals surface area contributed by atoms with E-state index in [4.69, 9.17) is 14.4 Å². The molecule has 286 valence electrons. The van der Waals surface area contributed by atoms with Crippen molar-refractivity contribution < 1.29 is 4.42 Å². The lowest BCUT2D eigenvalue weighted by atomic mass is 9.92. The molecule has 0 unspecified atom stereocenters. The molecule has 11 rings (SSSR count). The number of rotatable bonds is 8. The summed E-state index contributed by atoms with van der Waals surface area (Å²) in [7, 11) is 0. The van der Waals surface area contributed by atoms with Gasteiger partial charge in [-0.15, -0.1) is 0 Å². The highest BCUT2D eigenvalue weighted by Crippen LogP contribution is 2.38. The fourth-order valence-electron chi connectivity index (χ4n) is 8.35. The van der Waals surface area contributed by atoms with Gasteiger partial charge in [-0.05, 0) is 115 Å². The summed E-state index contributed by atoms with van der Waals surface area (Å²) in [6.07, 6.45) is 0. The molecule has 2 aromatic heterocycles. The highest BCUT2D eigenvalue weighted by Gasteiger charge is 2.19. The summed E-state index contributed by atoms with van der Waals surface area (Å²) in [5.74, 6) is 0.654. The molecule has 0 aliphatic carbocycles. The Labute approximate surface area is 354 Å². The molecular formula is C58H38N2O. The molecule has 3 nitrogen and oxygen atoms in total. The number of hydrogen-bond donors (Lipinski definition) is 0. The minimum atomic E-state index is 0.654. The first kappa shape index (κ1) is 36.0. The zero-order chi connectivity index (χ0) is 40.5. The molecule has 9 aromatic carbocycles. The van der Waals surface area contributed by atoms with Crippen molar-refractivity contribution in [2.45, 2.75) is 0 Å². The van der Waals surface area contributed by atoms with E-state index in [-0.39, 0.29) is 0 Å². The van der Waals surface area contributed by atoms with Crippen molar-refractivity contribution >= 4 is 22.1 Å². The molecule has 11 aromatic rings. The van der Waals surface area contributed by atoms with Crippen LogP contribution in [0.15, 0.2) is 235 Å². The van der Waals surface area contributed by atoms with Crippen molar-refractivity contribution in [3.05, 3.63) is 231 Å². The van der Waals surface area contributed by atoms with Crippen LogP contribution in [0.5, 0.6) is 0 Å². The first-order valence-corrected chi connectivity index (χ1v) is 20.6. The van der Waals surface area contributed by atoms with Gasteiger partial charge < -0.3 is 4.42 Å². The molecule has 2 heterocycles. The van der Waals surface area contributed by atoms with Crippen LogP contribution in [-0.2, 0) is 0 Å². The first-order chi connectivity index (χ1) is 30.2. The Kier molecular flexibility index (Phi) is 9.18. The van der Waals surface area contributed by atoms with E-state index < -0.39 is 0 Å². The van der Waals surface area contributed by atoms with Gasteiger partial charge in [0, 0.05) is 16.5 Å². The number of fused-ring (bicyclic) bond motifs is 3. The molecule has 0 amide bonds. The molecule has 0 saturated carbocycles. The van der Waals surface area contributed by atoms with Gasteiger partial charge in [0.15, 0.2) is 11.4 Å². The van der Waals surface area contributed by atoms with Crippen molar-refractivity contribution in [2.75, 3.05) is 0 Å². The van der Waals surface area contributed by atoms with Crippen LogP contribution in [0.25, 0.3) is 111 Å². The average Bonchev–Trinajstić information content (AvgIpc) is 3.73. The van der Waals surface area contributed by atoms with Crippen molar-refractivity contribution in [1.82, 2.24) is 9.97 Å². The molecule has 0 spiro atoms. The van der Waals surface area contributed by atoms with Crippen LogP contribution < -0.4 is 0 Å². The fraction of sp³-hybridized carbons (Fsp3) is 0. The predicted molar refractivity (Wildman–Crippen MR) is 253 cm³/mol. The van der Waals surface area contributed by atoms with Gasteiger partial charge in [-0.3, -0.25) is 0 Å². The summed E-state index contributed by atoms with van der Waals surface area (Å²) in [4.78, 5) is 10.4. The highest BCUT2D eigenvalue weighted by molar-refractivity contribution is 6.07. The summed E-state index contributed by atoms with van der Waals surface area (Å²) in [5, 5.41) is 0.970. The van der Waals surface area contributed by atoms with E-state index in [0.717, 1.165) is 61.1 Å². The number of nitrogens with zero attached hydrogens (tertiary/aromatic N) is 2. The minimum Gasteiger partial charge on any atom is -0.452 e. The van der Waals surface area contributed by atoms with Gasteiger partial charge in [0.1, 0.15) is 16.8 Å². The van der Waals surface area contributed by atoms with Crippen molar-refractivity contribution in [1.29, 1.82) is 0 Å². The van der Waals surface area contributed by atoms with Crippen LogP contribution in [0.3, 0.4) is 0 Å². The first-order valence-electron chi connectivity index (χ1n) is 20.6. The van der Waals surface area contributed by atoms with Gasteiger partial charge in [-0.2, -0.15) is 0 Å². The molecule has 0 saturated heterocycles. The Morgan fingerprint density at radius 3 is 1.18 bits per heavy atom. The van der Waals surface area contributed by atoms with Crippen LogP contribution >= 0.6 is 0 Å². The maximum Gasteiger partial charge on any atom is 0.180 e. The maximum atomic E-state index is 6.47. The molecule has 0 bridgehead atoms. The van der Waals surface area contributed by atoms with Crippen molar-refractivity contribution in [3.63, 3.8) is 0 Å². The Balaban J connectivity index is 0.937. The monoisotopic (exact) mass is 778 g/mol. The standard InChI is InChI=1S/C58H38N2O/c1-4-15-39(16-5-1)45-22-13-25-48(34-45)55-57-56(53-27-10-11-28-54(53)61-57)60-58(59-55)49-26-14-23-46(35-49)43-31-29-42(30-32-43)44-21-12-24-47(33-44)52-37-50(40-17-6-2-7-18-40)36-51(38-52)41-19-8-3-9-20-41/h1-38H. The Morgan fingerprint density at radius 2 is 0.623 bits per heavy atom. The quantitative estimate of drug-likeness (QED) is 0.154. The second-order valence-corrected chi connectivity index (χ2v) is 15.4. The Hall–Kier alpha value is -8.14.